The number of aliphatic hydroxyl groups excluding tert-OH is 1. The summed E-state index contributed by atoms with van der Waals surface area (Å²) in [7, 11) is 1.78. The minimum atomic E-state index is -0.504. The van der Waals surface area contributed by atoms with Crippen molar-refractivity contribution in [3.63, 3.8) is 0 Å². The summed E-state index contributed by atoms with van der Waals surface area (Å²) in [6.07, 6.45) is 3.28. The van der Waals surface area contributed by atoms with Crippen LogP contribution in [0.5, 0.6) is 5.75 Å². The number of benzene rings is 2. The molecule has 0 amide bonds. The number of nitrogens with zero attached hydrogens (tertiary/aromatic N) is 1. The zero-order chi connectivity index (χ0) is 19.1. The first-order valence-corrected chi connectivity index (χ1v) is 9.66. The van der Waals surface area contributed by atoms with Gasteiger partial charge in [-0.15, -0.1) is 0 Å². The van der Waals surface area contributed by atoms with E-state index in [2.05, 4.69) is 39.9 Å². The molecule has 2 atom stereocenters. The maximum atomic E-state index is 9.47. The Labute approximate surface area is 161 Å². The Morgan fingerprint density at radius 2 is 1.96 bits per heavy atom. The molecule has 0 fully saturated rings. The predicted molar refractivity (Wildman–Crippen MR) is 109 cm³/mol. The molecule has 5 heteroatoms. The molecule has 0 bridgehead atoms. The Hall–Kier alpha value is -2.37. The lowest BCUT2D eigenvalue weighted by Crippen LogP contribution is -2.28. The van der Waals surface area contributed by atoms with Crippen LogP contribution in [-0.4, -0.2) is 42.7 Å². The maximum absolute atomic E-state index is 9.47. The van der Waals surface area contributed by atoms with Crippen LogP contribution in [0.4, 0.5) is 0 Å². The van der Waals surface area contributed by atoms with Crippen molar-refractivity contribution in [1.29, 1.82) is 0 Å². The second-order valence-electron chi connectivity index (χ2n) is 7.00. The van der Waals surface area contributed by atoms with Crippen LogP contribution in [0.1, 0.15) is 41.6 Å². The average Bonchev–Trinajstić information content (AvgIpc) is 3.23. The summed E-state index contributed by atoms with van der Waals surface area (Å²) in [5.74, 6) is 1.98. The Morgan fingerprint density at radius 1 is 1.19 bits per heavy atom. The fourth-order valence-corrected chi connectivity index (χ4v) is 3.70. The number of aliphatic imine (C=N–C) groups is 1. The lowest BCUT2D eigenvalue weighted by molar-refractivity contribution is 0.177. The van der Waals surface area contributed by atoms with E-state index < -0.39 is 6.10 Å². The molecule has 4 N–H and O–H groups in total. The summed E-state index contributed by atoms with van der Waals surface area (Å²) in [5.41, 5.74) is 3.82. The Kier molecular flexibility index (Phi) is 6.85. The number of aryl methyl sites for hydroxylation is 1. The number of aromatic hydroxyl groups is 1. The van der Waals surface area contributed by atoms with Gasteiger partial charge in [-0.25, -0.2) is 0 Å². The van der Waals surface area contributed by atoms with Crippen molar-refractivity contribution < 1.29 is 10.2 Å². The molecule has 0 saturated heterocycles. The molecule has 0 radical (unpaired) electrons. The van der Waals surface area contributed by atoms with Crippen molar-refractivity contribution in [3.8, 4) is 5.75 Å². The predicted octanol–water partition coefficient (Wildman–Crippen LogP) is 2.75. The SMILES string of the molecule is CNCC(O)c1ccc(O)cc1.c1ccc2c(c1)CCCC2C1=NCCN1. The molecule has 27 heavy (non-hydrogen) atoms. The molecule has 2 aromatic rings. The number of rotatable bonds is 4. The van der Waals surface area contributed by atoms with Gasteiger partial charge in [-0.2, -0.15) is 0 Å². The van der Waals surface area contributed by atoms with Crippen molar-refractivity contribution in [3.05, 3.63) is 65.2 Å². The lowest BCUT2D eigenvalue weighted by Gasteiger charge is -2.25. The monoisotopic (exact) mass is 367 g/mol. The van der Waals surface area contributed by atoms with E-state index in [9.17, 15) is 5.11 Å². The second kappa shape index (κ2) is 9.53. The van der Waals surface area contributed by atoms with Crippen LogP contribution in [0.15, 0.2) is 53.5 Å². The lowest BCUT2D eigenvalue weighted by atomic mass is 9.82. The third-order valence-corrected chi connectivity index (χ3v) is 5.07. The van der Waals surface area contributed by atoms with Crippen LogP contribution in [0.25, 0.3) is 0 Å². The number of aliphatic hydroxyl groups is 1. The van der Waals surface area contributed by atoms with Crippen LogP contribution in [0.2, 0.25) is 0 Å². The quantitative estimate of drug-likeness (QED) is 0.670. The molecule has 144 valence electrons. The molecular weight excluding hydrogens is 338 g/mol. The van der Waals surface area contributed by atoms with Gasteiger partial charge >= 0.3 is 0 Å². The van der Waals surface area contributed by atoms with Gasteiger partial charge in [-0.05, 0) is 55.1 Å². The van der Waals surface area contributed by atoms with Gasteiger partial charge in [0.25, 0.3) is 0 Å². The van der Waals surface area contributed by atoms with E-state index in [4.69, 9.17) is 5.11 Å². The number of phenolic OH excluding ortho intramolecular Hbond substituents is 1. The maximum Gasteiger partial charge on any atom is 0.115 e. The Bertz CT molecular complexity index is 758. The summed E-state index contributed by atoms with van der Waals surface area (Å²) in [6.45, 7) is 2.49. The summed E-state index contributed by atoms with van der Waals surface area (Å²) < 4.78 is 0. The number of hydrogen-bond acceptors (Lipinski definition) is 5. The van der Waals surface area contributed by atoms with Gasteiger partial charge in [0.05, 0.1) is 12.6 Å². The summed E-state index contributed by atoms with van der Waals surface area (Å²) in [5, 5.41) is 24.7. The van der Waals surface area contributed by atoms with Gasteiger partial charge in [0.15, 0.2) is 0 Å². The summed E-state index contributed by atoms with van der Waals surface area (Å²) in [4.78, 5) is 4.56. The number of likely N-dealkylation sites (N-methyl/N-ethyl adjacent to an activating group) is 1. The number of fused-ring (bicyclic) bond motifs is 1. The van der Waals surface area contributed by atoms with E-state index in [1.807, 2.05) is 0 Å². The van der Waals surface area contributed by atoms with E-state index in [0.29, 0.717) is 12.5 Å². The van der Waals surface area contributed by atoms with Gasteiger partial charge < -0.3 is 20.8 Å². The first kappa shape index (κ1) is 19.4. The molecule has 5 nitrogen and oxygen atoms in total. The van der Waals surface area contributed by atoms with Crippen LogP contribution < -0.4 is 10.6 Å². The number of phenols is 1. The molecule has 2 aromatic carbocycles. The van der Waals surface area contributed by atoms with Crippen LogP contribution in [0, 0.1) is 0 Å². The third-order valence-electron chi connectivity index (χ3n) is 5.07. The molecule has 0 aromatic heterocycles. The van der Waals surface area contributed by atoms with Crippen LogP contribution in [-0.2, 0) is 6.42 Å². The first-order chi connectivity index (χ1) is 13.2. The van der Waals surface area contributed by atoms with Crippen molar-refractivity contribution in [2.75, 3.05) is 26.7 Å². The molecule has 1 aliphatic heterocycles. The Balaban J connectivity index is 0.000000161. The molecule has 0 spiro atoms. The molecule has 2 unspecified atom stereocenters. The molecule has 0 saturated carbocycles. The van der Waals surface area contributed by atoms with Crippen molar-refractivity contribution in [2.45, 2.75) is 31.3 Å². The number of nitrogens with one attached hydrogen (secondary N) is 2. The van der Waals surface area contributed by atoms with E-state index >= 15 is 0 Å². The largest absolute Gasteiger partial charge is 0.508 e. The highest BCUT2D eigenvalue weighted by Crippen LogP contribution is 2.32. The number of amidine groups is 1. The van der Waals surface area contributed by atoms with E-state index in [1.165, 1.54) is 36.2 Å². The fourth-order valence-electron chi connectivity index (χ4n) is 3.70. The first-order valence-electron chi connectivity index (χ1n) is 9.66. The fraction of sp³-hybridized carbons (Fsp3) is 0.409. The minimum absolute atomic E-state index is 0.218. The molecule has 2 aliphatic rings. The zero-order valence-electron chi connectivity index (χ0n) is 15.9. The zero-order valence-corrected chi connectivity index (χ0v) is 15.9. The molecular formula is C22H29N3O2. The average molecular weight is 367 g/mol. The highest BCUT2D eigenvalue weighted by atomic mass is 16.3. The van der Waals surface area contributed by atoms with Crippen molar-refractivity contribution in [2.24, 2.45) is 4.99 Å². The third kappa shape index (κ3) is 5.08. The number of hydrogen-bond donors (Lipinski definition) is 4. The van der Waals surface area contributed by atoms with Crippen molar-refractivity contribution >= 4 is 5.84 Å². The van der Waals surface area contributed by atoms with E-state index in [1.54, 1.807) is 31.3 Å². The molecule has 1 heterocycles. The second-order valence-corrected chi connectivity index (χ2v) is 7.00. The Morgan fingerprint density at radius 3 is 2.67 bits per heavy atom. The molecule has 4 rings (SSSR count). The van der Waals surface area contributed by atoms with Crippen LogP contribution >= 0.6 is 0 Å². The summed E-state index contributed by atoms with van der Waals surface area (Å²) in [6, 6.07) is 15.4. The highest BCUT2D eigenvalue weighted by molar-refractivity contribution is 5.90. The standard InChI is InChI=1S/C13H16N2.C9H13NO2/c1-2-6-11-10(4-1)5-3-7-12(11)13-14-8-9-15-13;1-10-6-9(12)7-2-4-8(11)5-3-7/h1-2,4,6,12H,3,5,7-9H2,(H,14,15);2-5,9-12H,6H2,1H3. The topological polar surface area (TPSA) is 76.9 Å². The van der Waals surface area contributed by atoms with Gasteiger partial charge in [-0.3, -0.25) is 4.99 Å². The van der Waals surface area contributed by atoms with Gasteiger partial charge in [0.2, 0.25) is 0 Å². The smallest absolute Gasteiger partial charge is 0.115 e. The van der Waals surface area contributed by atoms with Crippen molar-refractivity contribution in [1.82, 2.24) is 10.6 Å². The van der Waals surface area contributed by atoms with Gasteiger partial charge in [0.1, 0.15) is 11.6 Å². The highest BCUT2D eigenvalue weighted by Gasteiger charge is 2.25. The summed E-state index contributed by atoms with van der Waals surface area (Å²) >= 11 is 0. The molecule has 1 aliphatic carbocycles. The van der Waals surface area contributed by atoms with Gasteiger partial charge in [-0.1, -0.05) is 36.4 Å². The van der Waals surface area contributed by atoms with Gasteiger partial charge in [0, 0.05) is 19.0 Å². The normalized spacial score (nSPS) is 19.2. The van der Waals surface area contributed by atoms with E-state index in [-0.39, 0.29) is 5.75 Å². The minimum Gasteiger partial charge on any atom is -0.508 e. The van der Waals surface area contributed by atoms with Crippen LogP contribution in [0.3, 0.4) is 0 Å². The van der Waals surface area contributed by atoms with E-state index in [0.717, 1.165) is 18.7 Å².